The lowest BCUT2D eigenvalue weighted by Crippen LogP contribution is -2.28. The van der Waals surface area contributed by atoms with Gasteiger partial charge in [-0.05, 0) is 37.6 Å². The first-order chi connectivity index (χ1) is 16.3. The fraction of sp³-hybridized carbons (Fsp3) is 0.208. The zero-order valence-electron chi connectivity index (χ0n) is 17.9. The third-order valence-electron chi connectivity index (χ3n) is 6.39. The number of para-hydroxylation sites is 2. The molecule has 4 heterocycles. The number of hydrogen-bond acceptors (Lipinski definition) is 7. The smallest absolute Gasteiger partial charge is 0.252 e. The second kappa shape index (κ2) is 7.16. The molecule has 10 heteroatoms. The van der Waals surface area contributed by atoms with E-state index in [1.807, 2.05) is 28.8 Å². The second-order valence-corrected chi connectivity index (χ2v) is 8.46. The summed E-state index contributed by atoms with van der Waals surface area (Å²) < 4.78 is 16.9. The number of Topliss-reactive ketones (excluding diaryl/α,β-unsaturated/α-hetero) is 1. The van der Waals surface area contributed by atoms with Gasteiger partial charge in [-0.15, -0.1) is 0 Å². The van der Waals surface area contributed by atoms with E-state index in [9.17, 15) is 24.2 Å². The quantitative estimate of drug-likeness (QED) is 0.402. The second-order valence-electron chi connectivity index (χ2n) is 8.46. The van der Waals surface area contributed by atoms with Crippen LogP contribution >= 0.6 is 0 Å². The van der Waals surface area contributed by atoms with Crippen molar-refractivity contribution in [3.05, 3.63) is 71.2 Å². The molecule has 1 amide bonds. The van der Waals surface area contributed by atoms with Gasteiger partial charge < -0.3 is 20.1 Å². The maximum absolute atomic E-state index is 14.9. The van der Waals surface area contributed by atoms with E-state index in [0.717, 1.165) is 17.1 Å². The van der Waals surface area contributed by atoms with Crippen molar-refractivity contribution in [2.24, 2.45) is 0 Å². The summed E-state index contributed by atoms with van der Waals surface area (Å²) in [5.74, 6) is -2.48. The Balaban J connectivity index is 1.65. The summed E-state index contributed by atoms with van der Waals surface area (Å²) in [6.07, 6.45) is 0.407. The summed E-state index contributed by atoms with van der Waals surface area (Å²) in [5.41, 5.74) is 2.12. The van der Waals surface area contributed by atoms with Gasteiger partial charge in [0.2, 0.25) is 5.78 Å². The maximum Gasteiger partial charge on any atom is 0.252 e. The van der Waals surface area contributed by atoms with Gasteiger partial charge in [-0.3, -0.25) is 9.59 Å². The Morgan fingerprint density at radius 2 is 2.06 bits per heavy atom. The van der Waals surface area contributed by atoms with Crippen LogP contribution in [0.2, 0.25) is 0 Å². The molecule has 2 aliphatic rings. The van der Waals surface area contributed by atoms with Crippen LogP contribution in [0.25, 0.3) is 22.3 Å². The Hall–Kier alpha value is -4.18. The number of phenolic OH excluding ortho intramolecular Hbond substituents is 1. The van der Waals surface area contributed by atoms with Crippen molar-refractivity contribution in [3.8, 4) is 17.0 Å². The first-order valence-corrected chi connectivity index (χ1v) is 10.7. The number of nitrogens with one attached hydrogen (secondary N) is 1. The Morgan fingerprint density at radius 1 is 1.26 bits per heavy atom. The molecule has 2 bridgehead atoms. The lowest BCUT2D eigenvalue weighted by atomic mass is 9.90. The number of carbonyl (C=O) groups excluding carboxylic acids is 2. The average molecular weight is 459 g/mol. The molecule has 9 nitrogen and oxygen atoms in total. The number of halogens is 1. The Bertz CT molecular complexity index is 1530. The molecule has 6 rings (SSSR count). The van der Waals surface area contributed by atoms with E-state index >= 15 is 0 Å². The maximum atomic E-state index is 14.9. The molecule has 0 radical (unpaired) electrons. The molecule has 3 atom stereocenters. The highest BCUT2D eigenvalue weighted by Crippen LogP contribution is 2.49. The van der Waals surface area contributed by atoms with Crippen LogP contribution in [0.15, 0.2) is 42.6 Å². The SMILES string of the molecule is CC(O)C(=O)c1nccc(-c2c(O)c(F)cc3c2[C@H]2C[C@@H](NC3=O)c3nc4ccccc4n32)n1. The van der Waals surface area contributed by atoms with E-state index in [0.29, 0.717) is 17.8 Å². The van der Waals surface area contributed by atoms with Gasteiger partial charge >= 0.3 is 0 Å². The number of aliphatic hydroxyl groups is 1. The summed E-state index contributed by atoms with van der Waals surface area (Å²) in [7, 11) is 0. The lowest BCUT2D eigenvalue weighted by Gasteiger charge is -2.22. The summed E-state index contributed by atoms with van der Waals surface area (Å²) in [4.78, 5) is 38.2. The van der Waals surface area contributed by atoms with Crippen LogP contribution in [0.5, 0.6) is 5.75 Å². The summed E-state index contributed by atoms with van der Waals surface area (Å²) in [6.45, 7) is 1.29. The molecule has 170 valence electrons. The predicted molar refractivity (Wildman–Crippen MR) is 118 cm³/mol. The van der Waals surface area contributed by atoms with Crippen molar-refractivity contribution in [3.63, 3.8) is 0 Å². The normalized spacial score (nSPS) is 19.3. The number of aromatic hydroxyl groups is 1. The minimum absolute atomic E-state index is 0.00322. The molecule has 0 saturated carbocycles. The standard InChI is InChI=1S/C24H18FN5O4/c1-10(31)20(32)22-26-7-6-14(27-22)19-18-11(8-12(25)21(19)33)24(34)29-15-9-17(18)30-16-5-3-2-4-13(16)28-23(15)30/h2-8,10,15,17,31,33H,9H2,1H3,(H,29,34)/t10?,15-,17-/m1/s1. The predicted octanol–water partition coefficient (Wildman–Crippen LogP) is 2.68. The van der Waals surface area contributed by atoms with Crippen molar-refractivity contribution in [2.45, 2.75) is 31.5 Å². The number of hydrogen-bond donors (Lipinski definition) is 3. The molecule has 3 N–H and O–H groups in total. The minimum Gasteiger partial charge on any atom is -0.504 e. The number of aliphatic hydroxyl groups excluding tert-OH is 1. The van der Waals surface area contributed by atoms with Crippen molar-refractivity contribution >= 4 is 22.7 Å². The molecular formula is C24H18FN5O4. The van der Waals surface area contributed by atoms with Crippen LogP contribution in [-0.4, -0.2) is 47.5 Å². The number of rotatable bonds is 3. The molecule has 2 aliphatic heterocycles. The monoisotopic (exact) mass is 459 g/mol. The van der Waals surface area contributed by atoms with Gasteiger partial charge in [0, 0.05) is 17.3 Å². The third-order valence-corrected chi connectivity index (χ3v) is 6.39. The number of amides is 1. The number of fused-ring (bicyclic) bond motifs is 9. The van der Waals surface area contributed by atoms with E-state index in [4.69, 9.17) is 4.98 Å². The van der Waals surface area contributed by atoms with Crippen LogP contribution in [-0.2, 0) is 0 Å². The van der Waals surface area contributed by atoms with Crippen LogP contribution in [0, 0.1) is 5.82 Å². The van der Waals surface area contributed by atoms with Gasteiger partial charge in [-0.2, -0.15) is 0 Å². The minimum atomic E-state index is -1.34. The largest absolute Gasteiger partial charge is 0.504 e. The van der Waals surface area contributed by atoms with Gasteiger partial charge in [0.1, 0.15) is 11.9 Å². The van der Waals surface area contributed by atoms with Gasteiger partial charge in [0.05, 0.1) is 34.4 Å². The molecular weight excluding hydrogens is 441 g/mol. The van der Waals surface area contributed by atoms with Crippen molar-refractivity contribution in [1.82, 2.24) is 24.8 Å². The number of imidazole rings is 1. The fourth-order valence-electron chi connectivity index (χ4n) is 4.93. The van der Waals surface area contributed by atoms with Gasteiger partial charge in [0.15, 0.2) is 17.4 Å². The highest BCUT2D eigenvalue weighted by molar-refractivity contribution is 6.00. The number of carbonyl (C=O) groups is 2. The molecule has 0 saturated heterocycles. The van der Waals surface area contributed by atoms with Crippen LogP contribution in [0.1, 0.15) is 57.8 Å². The van der Waals surface area contributed by atoms with Crippen molar-refractivity contribution in [2.75, 3.05) is 0 Å². The Morgan fingerprint density at radius 3 is 2.85 bits per heavy atom. The fourth-order valence-corrected chi connectivity index (χ4v) is 4.93. The van der Waals surface area contributed by atoms with E-state index < -0.39 is 41.4 Å². The topological polar surface area (TPSA) is 130 Å². The first kappa shape index (κ1) is 20.4. The number of aromatic nitrogens is 4. The molecule has 4 aromatic rings. The summed E-state index contributed by atoms with van der Waals surface area (Å²) in [5, 5.41) is 23.4. The Labute approximate surface area is 191 Å². The molecule has 0 aliphatic carbocycles. The number of nitrogens with zero attached hydrogens (tertiary/aromatic N) is 4. The third kappa shape index (κ3) is 2.78. The van der Waals surface area contributed by atoms with Gasteiger partial charge in [-0.25, -0.2) is 19.3 Å². The molecule has 0 spiro atoms. The lowest BCUT2D eigenvalue weighted by molar-refractivity contribution is 0.0768. The summed E-state index contributed by atoms with van der Waals surface area (Å²) in [6, 6.07) is 9.14. The van der Waals surface area contributed by atoms with E-state index in [2.05, 4.69) is 15.3 Å². The average Bonchev–Trinajstić information content (AvgIpc) is 3.33. The van der Waals surface area contributed by atoms with E-state index in [1.165, 1.54) is 19.2 Å². The van der Waals surface area contributed by atoms with Crippen LogP contribution in [0.3, 0.4) is 0 Å². The van der Waals surface area contributed by atoms with Crippen LogP contribution in [0.4, 0.5) is 4.39 Å². The number of ketones is 1. The van der Waals surface area contributed by atoms with Crippen molar-refractivity contribution < 1.29 is 24.2 Å². The number of benzene rings is 2. The number of phenols is 1. The zero-order valence-corrected chi connectivity index (χ0v) is 17.9. The first-order valence-electron chi connectivity index (χ1n) is 10.7. The molecule has 1 unspecified atom stereocenters. The highest BCUT2D eigenvalue weighted by Gasteiger charge is 2.43. The molecule has 2 aromatic heterocycles. The van der Waals surface area contributed by atoms with E-state index in [-0.39, 0.29) is 22.6 Å². The zero-order chi connectivity index (χ0) is 23.7. The molecule has 34 heavy (non-hydrogen) atoms. The summed E-state index contributed by atoms with van der Waals surface area (Å²) >= 11 is 0. The van der Waals surface area contributed by atoms with E-state index in [1.54, 1.807) is 0 Å². The van der Waals surface area contributed by atoms with Crippen molar-refractivity contribution in [1.29, 1.82) is 0 Å². The van der Waals surface area contributed by atoms with Gasteiger partial charge in [0.25, 0.3) is 5.91 Å². The molecule has 0 fully saturated rings. The highest BCUT2D eigenvalue weighted by atomic mass is 19.1. The van der Waals surface area contributed by atoms with Gasteiger partial charge in [-0.1, -0.05) is 12.1 Å². The Kier molecular flexibility index (Phi) is 4.30. The molecule has 2 aromatic carbocycles. The van der Waals surface area contributed by atoms with Crippen LogP contribution < -0.4 is 5.32 Å².